The SMILES string of the molecule is CN(C(=O)OC(C)(C)C)c1ccc(/C=C/c2ccc(OCCCCCCCCCCN)nc2)cc1. The molecule has 1 aromatic carbocycles. The molecule has 1 aromatic heterocycles. The summed E-state index contributed by atoms with van der Waals surface area (Å²) in [4.78, 5) is 18.1. The Balaban J connectivity index is 1.70. The van der Waals surface area contributed by atoms with Crippen molar-refractivity contribution >= 4 is 23.9 Å². The number of carbonyl (C=O) groups excluding carboxylic acids is 1. The van der Waals surface area contributed by atoms with E-state index in [0.717, 1.165) is 36.2 Å². The highest BCUT2D eigenvalue weighted by Gasteiger charge is 2.20. The molecule has 0 atom stereocenters. The number of nitrogens with two attached hydrogens (primary N) is 1. The van der Waals surface area contributed by atoms with Gasteiger partial charge in [0.2, 0.25) is 5.88 Å². The summed E-state index contributed by atoms with van der Waals surface area (Å²) in [6.07, 6.45) is 15.3. The Morgan fingerprint density at radius 1 is 0.886 bits per heavy atom. The van der Waals surface area contributed by atoms with Gasteiger partial charge in [-0.1, -0.05) is 62.8 Å². The first-order valence-corrected chi connectivity index (χ1v) is 12.8. The number of amides is 1. The summed E-state index contributed by atoms with van der Waals surface area (Å²) in [5, 5.41) is 0. The lowest BCUT2D eigenvalue weighted by Crippen LogP contribution is -2.34. The summed E-state index contributed by atoms with van der Waals surface area (Å²) in [5.41, 5.74) is 7.81. The van der Waals surface area contributed by atoms with Gasteiger partial charge in [-0.25, -0.2) is 9.78 Å². The monoisotopic (exact) mass is 481 g/mol. The molecule has 0 spiro atoms. The zero-order chi connectivity index (χ0) is 25.5. The van der Waals surface area contributed by atoms with Crippen molar-refractivity contribution in [1.82, 2.24) is 4.98 Å². The molecule has 6 nitrogen and oxygen atoms in total. The lowest BCUT2D eigenvalue weighted by molar-refractivity contribution is 0.0589. The standard InChI is InChI=1S/C29H43N3O3/c1-29(2,3)35-28(33)32(4)26-18-15-24(16-19-26)13-14-25-17-20-27(31-23-25)34-22-12-10-8-6-5-7-9-11-21-30/h13-20,23H,5-12,21-22,30H2,1-4H3/b14-13+. The summed E-state index contributed by atoms with van der Waals surface area (Å²) in [6, 6.07) is 11.7. The summed E-state index contributed by atoms with van der Waals surface area (Å²) >= 11 is 0. The maximum Gasteiger partial charge on any atom is 0.414 e. The molecule has 0 saturated carbocycles. The number of aromatic nitrogens is 1. The maximum absolute atomic E-state index is 12.2. The molecule has 0 saturated heterocycles. The topological polar surface area (TPSA) is 77.7 Å². The van der Waals surface area contributed by atoms with Gasteiger partial charge in [0.1, 0.15) is 5.60 Å². The van der Waals surface area contributed by atoms with Crippen LogP contribution < -0.4 is 15.4 Å². The van der Waals surface area contributed by atoms with Crippen LogP contribution in [0.5, 0.6) is 5.88 Å². The van der Waals surface area contributed by atoms with E-state index < -0.39 is 5.60 Å². The fourth-order valence-corrected chi connectivity index (χ4v) is 3.50. The molecule has 2 N–H and O–H groups in total. The highest BCUT2D eigenvalue weighted by Crippen LogP contribution is 2.19. The minimum absolute atomic E-state index is 0.372. The Labute approximate surface area is 211 Å². The molecule has 2 rings (SSSR count). The first-order valence-electron chi connectivity index (χ1n) is 12.8. The second kappa shape index (κ2) is 15.2. The third kappa shape index (κ3) is 11.9. The van der Waals surface area contributed by atoms with Crippen LogP contribution in [-0.4, -0.2) is 36.9 Å². The molecule has 1 amide bonds. The van der Waals surface area contributed by atoms with E-state index in [0.29, 0.717) is 12.5 Å². The zero-order valence-electron chi connectivity index (χ0n) is 22.0. The Bertz CT molecular complexity index is 887. The average Bonchev–Trinajstić information content (AvgIpc) is 2.83. The number of ether oxygens (including phenoxy) is 2. The van der Waals surface area contributed by atoms with Gasteiger partial charge in [-0.05, 0) is 69.5 Å². The molecular formula is C29H43N3O3. The average molecular weight is 482 g/mol. The van der Waals surface area contributed by atoms with E-state index in [4.69, 9.17) is 15.2 Å². The molecule has 0 aliphatic heterocycles. The second-order valence-corrected chi connectivity index (χ2v) is 9.86. The molecule has 0 unspecified atom stereocenters. The fourth-order valence-electron chi connectivity index (χ4n) is 3.50. The summed E-state index contributed by atoms with van der Waals surface area (Å²) in [5.74, 6) is 0.665. The van der Waals surface area contributed by atoms with Crippen LogP contribution in [0.25, 0.3) is 12.2 Å². The van der Waals surface area contributed by atoms with E-state index in [1.165, 1.54) is 43.4 Å². The number of pyridine rings is 1. The number of anilines is 1. The Morgan fingerprint density at radius 3 is 2.03 bits per heavy atom. The first-order chi connectivity index (χ1) is 16.8. The molecule has 0 bridgehead atoms. The minimum Gasteiger partial charge on any atom is -0.478 e. The molecule has 0 aliphatic rings. The van der Waals surface area contributed by atoms with Crippen LogP contribution in [0.15, 0.2) is 42.6 Å². The molecule has 35 heavy (non-hydrogen) atoms. The van der Waals surface area contributed by atoms with Gasteiger partial charge in [-0.15, -0.1) is 0 Å². The number of unbranched alkanes of at least 4 members (excludes halogenated alkanes) is 7. The number of benzene rings is 1. The fraction of sp³-hybridized carbons (Fsp3) is 0.517. The smallest absolute Gasteiger partial charge is 0.414 e. The van der Waals surface area contributed by atoms with Crippen molar-refractivity contribution in [3.63, 3.8) is 0 Å². The van der Waals surface area contributed by atoms with Crippen LogP contribution in [0.2, 0.25) is 0 Å². The minimum atomic E-state index is -0.521. The number of carbonyl (C=O) groups is 1. The van der Waals surface area contributed by atoms with Crippen LogP contribution in [0.1, 0.15) is 83.3 Å². The third-order valence-corrected chi connectivity index (χ3v) is 5.52. The number of rotatable bonds is 14. The molecule has 192 valence electrons. The summed E-state index contributed by atoms with van der Waals surface area (Å²) in [6.45, 7) is 7.09. The Kier molecular flexibility index (Phi) is 12.3. The lowest BCUT2D eigenvalue weighted by Gasteiger charge is -2.24. The number of hydrogen-bond donors (Lipinski definition) is 1. The van der Waals surface area contributed by atoms with Crippen molar-refractivity contribution in [3.8, 4) is 5.88 Å². The molecule has 0 aliphatic carbocycles. The van der Waals surface area contributed by atoms with Gasteiger partial charge < -0.3 is 15.2 Å². The molecule has 0 fully saturated rings. The zero-order valence-corrected chi connectivity index (χ0v) is 22.0. The largest absolute Gasteiger partial charge is 0.478 e. The highest BCUT2D eigenvalue weighted by molar-refractivity contribution is 5.87. The summed E-state index contributed by atoms with van der Waals surface area (Å²) in [7, 11) is 1.71. The van der Waals surface area contributed by atoms with Crippen LogP contribution in [0.3, 0.4) is 0 Å². The summed E-state index contributed by atoms with van der Waals surface area (Å²) < 4.78 is 11.2. The quantitative estimate of drug-likeness (QED) is 0.292. The number of nitrogens with zero attached hydrogens (tertiary/aromatic N) is 2. The second-order valence-electron chi connectivity index (χ2n) is 9.86. The van der Waals surface area contributed by atoms with Crippen molar-refractivity contribution in [2.75, 3.05) is 25.1 Å². The third-order valence-electron chi connectivity index (χ3n) is 5.52. The van der Waals surface area contributed by atoms with E-state index in [-0.39, 0.29) is 6.09 Å². The van der Waals surface area contributed by atoms with E-state index >= 15 is 0 Å². The van der Waals surface area contributed by atoms with Crippen LogP contribution >= 0.6 is 0 Å². The Hall–Kier alpha value is -2.86. The van der Waals surface area contributed by atoms with Crippen molar-refractivity contribution in [2.45, 2.75) is 77.7 Å². The van der Waals surface area contributed by atoms with Crippen molar-refractivity contribution < 1.29 is 14.3 Å². The van der Waals surface area contributed by atoms with Gasteiger partial charge in [0.05, 0.1) is 6.61 Å². The normalized spacial score (nSPS) is 11.6. The lowest BCUT2D eigenvalue weighted by atomic mass is 10.1. The van der Waals surface area contributed by atoms with E-state index in [2.05, 4.69) is 4.98 Å². The van der Waals surface area contributed by atoms with E-state index in [9.17, 15) is 4.79 Å². The van der Waals surface area contributed by atoms with Gasteiger partial charge in [0.15, 0.2) is 0 Å². The molecule has 6 heteroatoms. The van der Waals surface area contributed by atoms with Crippen LogP contribution in [0, 0.1) is 0 Å². The number of hydrogen-bond acceptors (Lipinski definition) is 5. The van der Waals surface area contributed by atoms with Gasteiger partial charge in [-0.3, -0.25) is 4.90 Å². The molecule has 0 radical (unpaired) electrons. The van der Waals surface area contributed by atoms with Gasteiger partial charge in [0.25, 0.3) is 0 Å². The van der Waals surface area contributed by atoms with E-state index in [1.54, 1.807) is 7.05 Å². The van der Waals surface area contributed by atoms with Crippen molar-refractivity contribution in [1.29, 1.82) is 0 Å². The van der Waals surface area contributed by atoms with Crippen LogP contribution in [0.4, 0.5) is 10.5 Å². The van der Waals surface area contributed by atoms with Crippen molar-refractivity contribution in [3.05, 3.63) is 53.7 Å². The van der Waals surface area contributed by atoms with Gasteiger partial charge in [-0.2, -0.15) is 0 Å². The van der Waals surface area contributed by atoms with Crippen LogP contribution in [-0.2, 0) is 4.74 Å². The molecule has 2 aromatic rings. The maximum atomic E-state index is 12.2. The van der Waals surface area contributed by atoms with Crippen molar-refractivity contribution in [2.24, 2.45) is 5.73 Å². The predicted molar refractivity (Wildman–Crippen MR) is 146 cm³/mol. The van der Waals surface area contributed by atoms with E-state index in [1.807, 2.05) is 75.5 Å². The Morgan fingerprint density at radius 2 is 1.46 bits per heavy atom. The molecular weight excluding hydrogens is 438 g/mol. The first kappa shape index (κ1) is 28.4. The van der Waals surface area contributed by atoms with Gasteiger partial charge in [0, 0.05) is 25.0 Å². The van der Waals surface area contributed by atoms with Gasteiger partial charge >= 0.3 is 6.09 Å². The molecule has 1 heterocycles. The predicted octanol–water partition coefficient (Wildman–Crippen LogP) is 7.08. The highest BCUT2D eigenvalue weighted by atomic mass is 16.6.